The maximum absolute atomic E-state index is 11.6. The first kappa shape index (κ1) is 22.0. The van der Waals surface area contributed by atoms with Gasteiger partial charge >= 0.3 is 10.1 Å². The summed E-state index contributed by atoms with van der Waals surface area (Å²) in [5.74, 6) is 0.612. The molecule has 25 heavy (non-hydrogen) atoms. The van der Waals surface area contributed by atoms with Crippen LogP contribution in [-0.4, -0.2) is 18.4 Å². The molecule has 0 fully saturated rings. The second-order valence-corrected chi connectivity index (χ2v) is 8.21. The van der Waals surface area contributed by atoms with Crippen molar-refractivity contribution in [1.82, 2.24) is 0 Å². The second kappa shape index (κ2) is 11.5. The SMILES string of the molecule is CCCCCc1cccc(OC(CCC)S(=O)(=O)O)c1CCCCC. The van der Waals surface area contributed by atoms with Crippen molar-refractivity contribution in [1.29, 1.82) is 0 Å². The number of aryl methyl sites for hydroxylation is 1. The van der Waals surface area contributed by atoms with E-state index in [1.165, 1.54) is 18.4 Å². The van der Waals surface area contributed by atoms with Crippen molar-refractivity contribution < 1.29 is 17.7 Å². The van der Waals surface area contributed by atoms with Crippen LogP contribution >= 0.6 is 0 Å². The van der Waals surface area contributed by atoms with Crippen LogP contribution in [0.4, 0.5) is 0 Å². The monoisotopic (exact) mass is 370 g/mol. The minimum absolute atomic E-state index is 0.285. The zero-order valence-electron chi connectivity index (χ0n) is 16.0. The molecule has 0 amide bonds. The molecule has 0 spiro atoms. The van der Waals surface area contributed by atoms with Crippen LogP contribution in [0.2, 0.25) is 0 Å². The van der Waals surface area contributed by atoms with Crippen LogP contribution in [0.5, 0.6) is 5.75 Å². The molecule has 0 saturated carbocycles. The predicted molar refractivity (Wildman–Crippen MR) is 104 cm³/mol. The Morgan fingerprint density at radius 1 is 0.960 bits per heavy atom. The molecule has 0 aliphatic heterocycles. The molecule has 1 unspecified atom stereocenters. The van der Waals surface area contributed by atoms with Gasteiger partial charge < -0.3 is 4.74 Å². The molecule has 4 nitrogen and oxygen atoms in total. The molecule has 1 N–H and O–H groups in total. The van der Waals surface area contributed by atoms with Crippen LogP contribution in [-0.2, 0) is 23.0 Å². The van der Waals surface area contributed by atoms with Crippen LogP contribution in [0, 0.1) is 0 Å². The highest BCUT2D eigenvalue weighted by Gasteiger charge is 2.25. The molecule has 1 rings (SSSR count). The molecule has 0 aliphatic rings. The quantitative estimate of drug-likeness (QED) is 0.365. The predicted octanol–water partition coefficient (Wildman–Crippen LogP) is 5.54. The lowest BCUT2D eigenvalue weighted by atomic mass is 9.96. The zero-order valence-corrected chi connectivity index (χ0v) is 16.8. The summed E-state index contributed by atoms with van der Waals surface area (Å²) in [7, 11) is -4.22. The molecule has 0 saturated heterocycles. The van der Waals surface area contributed by atoms with Gasteiger partial charge in [-0.05, 0) is 42.9 Å². The van der Waals surface area contributed by atoms with E-state index in [1.807, 2.05) is 19.1 Å². The summed E-state index contributed by atoms with van der Waals surface area (Å²) in [6.45, 7) is 6.23. The van der Waals surface area contributed by atoms with Crippen molar-refractivity contribution in [2.24, 2.45) is 0 Å². The van der Waals surface area contributed by atoms with E-state index >= 15 is 0 Å². The maximum atomic E-state index is 11.6. The van der Waals surface area contributed by atoms with E-state index in [4.69, 9.17) is 4.74 Å². The molecule has 1 aromatic rings. The summed E-state index contributed by atoms with van der Waals surface area (Å²) in [6, 6.07) is 5.87. The topological polar surface area (TPSA) is 63.6 Å². The zero-order chi connectivity index (χ0) is 18.7. The maximum Gasteiger partial charge on any atom is 0.303 e. The summed E-state index contributed by atoms with van der Waals surface area (Å²) in [5, 5.41) is 0. The summed E-state index contributed by atoms with van der Waals surface area (Å²) in [4.78, 5) is 0. The van der Waals surface area contributed by atoms with E-state index in [1.54, 1.807) is 0 Å². The van der Waals surface area contributed by atoms with Gasteiger partial charge in [-0.25, -0.2) is 0 Å². The molecule has 0 aromatic heterocycles. The van der Waals surface area contributed by atoms with Crippen molar-refractivity contribution in [2.75, 3.05) is 0 Å². The number of ether oxygens (including phenoxy) is 1. The van der Waals surface area contributed by atoms with E-state index < -0.39 is 15.6 Å². The molecule has 0 radical (unpaired) electrons. The molecular weight excluding hydrogens is 336 g/mol. The van der Waals surface area contributed by atoms with Gasteiger partial charge in [0.05, 0.1) is 0 Å². The normalized spacial score (nSPS) is 13.0. The number of hydrogen-bond donors (Lipinski definition) is 1. The third kappa shape index (κ3) is 7.78. The fourth-order valence-corrected chi connectivity index (χ4v) is 3.76. The van der Waals surface area contributed by atoms with Gasteiger partial charge in [0.1, 0.15) is 5.75 Å². The number of benzene rings is 1. The van der Waals surface area contributed by atoms with Crippen LogP contribution in [0.3, 0.4) is 0 Å². The highest BCUT2D eigenvalue weighted by Crippen LogP contribution is 2.28. The average molecular weight is 371 g/mol. The molecule has 0 heterocycles. The van der Waals surface area contributed by atoms with Crippen molar-refractivity contribution in [3.05, 3.63) is 29.3 Å². The first-order chi connectivity index (χ1) is 11.9. The van der Waals surface area contributed by atoms with Crippen LogP contribution in [0.1, 0.15) is 83.3 Å². The first-order valence-electron chi connectivity index (χ1n) is 9.67. The largest absolute Gasteiger partial charge is 0.472 e. The molecule has 1 aromatic carbocycles. The van der Waals surface area contributed by atoms with Crippen molar-refractivity contribution in [3.8, 4) is 5.75 Å². The Morgan fingerprint density at radius 3 is 2.16 bits per heavy atom. The highest BCUT2D eigenvalue weighted by atomic mass is 32.2. The summed E-state index contributed by atoms with van der Waals surface area (Å²) in [5.41, 5.74) is 1.16. The standard InChI is InChI=1S/C20H34O4S/c1-4-7-9-13-17-14-11-16-19(18(17)15-10-8-5-2)24-20(12-6-3)25(21,22)23/h11,14,16,20H,4-10,12-13,15H2,1-3H3,(H,21,22,23). The van der Waals surface area contributed by atoms with Gasteiger partial charge in [0.25, 0.3) is 0 Å². The fraction of sp³-hybridized carbons (Fsp3) is 0.700. The van der Waals surface area contributed by atoms with Crippen LogP contribution in [0.25, 0.3) is 0 Å². The molecule has 0 bridgehead atoms. The molecule has 1 atom stereocenters. The summed E-state index contributed by atoms with van der Waals surface area (Å²) < 4.78 is 38.5. The van der Waals surface area contributed by atoms with Crippen LogP contribution < -0.4 is 4.74 Å². The van der Waals surface area contributed by atoms with E-state index in [0.29, 0.717) is 12.2 Å². The Bertz CT molecular complexity index is 596. The van der Waals surface area contributed by atoms with Gasteiger partial charge in [0.2, 0.25) is 5.44 Å². The minimum Gasteiger partial charge on any atom is -0.472 e. The van der Waals surface area contributed by atoms with Gasteiger partial charge in [0, 0.05) is 6.42 Å². The van der Waals surface area contributed by atoms with Gasteiger partial charge in [-0.2, -0.15) is 8.42 Å². The summed E-state index contributed by atoms with van der Waals surface area (Å²) >= 11 is 0. The molecule has 144 valence electrons. The summed E-state index contributed by atoms with van der Waals surface area (Å²) in [6.07, 6.45) is 9.59. The second-order valence-electron chi connectivity index (χ2n) is 6.66. The Kier molecular flexibility index (Phi) is 10.1. The molecule has 0 aliphatic carbocycles. The Hall–Kier alpha value is -1.07. The third-order valence-corrected chi connectivity index (χ3v) is 5.42. The Morgan fingerprint density at radius 2 is 1.60 bits per heavy atom. The molecule has 5 heteroatoms. The van der Waals surface area contributed by atoms with E-state index in [-0.39, 0.29) is 6.42 Å². The smallest absolute Gasteiger partial charge is 0.303 e. The highest BCUT2D eigenvalue weighted by molar-refractivity contribution is 7.86. The third-order valence-electron chi connectivity index (χ3n) is 4.43. The lowest BCUT2D eigenvalue weighted by molar-refractivity contribution is 0.243. The number of unbranched alkanes of at least 4 members (excludes halogenated alkanes) is 4. The minimum atomic E-state index is -4.22. The van der Waals surface area contributed by atoms with Gasteiger partial charge in [0.15, 0.2) is 0 Å². The lowest BCUT2D eigenvalue weighted by Crippen LogP contribution is -2.27. The van der Waals surface area contributed by atoms with E-state index in [0.717, 1.165) is 44.1 Å². The molecular formula is C20H34O4S. The van der Waals surface area contributed by atoms with Gasteiger partial charge in [-0.15, -0.1) is 0 Å². The van der Waals surface area contributed by atoms with Crippen molar-refractivity contribution in [3.63, 3.8) is 0 Å². The van der Waals surface area contributed by atoms with E-state index in [2.05, 4.69) is 19.9 Å². The lowest BCUT2D eigenvalue weighted by Gasteiger charge is -2.20. The average Bonchev–Trinajstić information content (AvgIpc) is 2.56. The number of hydrogen-bond acceptors (Lipinski definition) is 3. The first-order valence-corrected chi connectivity index (χ1v) is 11.2. The van der Waals surface area contributed by atoms with Gasteiger partial charge in [-0.1, -0.05) is 65.0 Å². The van der Waals surface area contributed by atoms with Crippen molar-refractivity contribution in [2.45, 2.75) is 90.4 Å². The van der Waals surface area contributed by atoms with Crippen molar-refractivity contribution >= 4 is 10.1 Å². The van der Waals surface area contributed by atoms with Gasteiger partial charge in [-0.3, -0.25) is 4.55 Å². The Labute approximate surface area is 153 Å². The fourth-order valence-electron chi connectivity index (χ4n) is 3.00. The van der Waals surface area contributed by atoms with E-state index in [9.17, 15) is 13.0 Å². The number of rotatable bonds is 13. The Balaban J connectivity index is 3.07. The van der Waals surface area contributed by atoms with Crippen LogP contribution in [0.15, 0.2) is 18.2 Å².